The third-order valence-corrected chi connectivity index (χ3v) is 4.85. The molecule has 1 fully saturated rings. The molecule has 0 amide bonds. The van der Waals surface area contributed by atoms with Gasteiger partial charge in [-0.1, -0.05) is 0 Å². The van der Waals surface area contributed by atoms with Crippen molar-refractivity contribution in [1.82, 2.24) is 8.90 Å². The molecule has 16 heavy (non-hydrogen) atoms. The Morgan fingerprint density at radius 3 is 3.00 bits per heavy atom. The Labute approximate surface area is 104 Å². The average Bonchev–Trinajstić information content (AvgIpc) is 2.57. The van der Waals surface area contributed by atoms with Crippen LogP contribution in [0.5, 0.6) is 0 Å². The van der Waals surface area contributed by atoms with Crippen LogP contribution in [-0.2, 0) is 0 Å². The van der Waals surface area contributed by atoms with Crippen LogP contribution in [0, 0.1) is 0 Å². The van der Waals surface area contributed by atoms with E-state index in [-0.39, 0.29) is 0 Å². The van der Waals surface area contributed by atoms with E-state index in [2.05, 4.69) is 26.8 Å². The molecule has 1 aliphatic rings. The van der Waals surface area contributed by atoms with Crippen LogP contribution >= 0.6 is 0 Å². The Bertz CT molecular complexity index is 304. The summed E-state index contributed by atoms with van der Waals surface area (Å²) in [7, 11) is 0. The third-order valence-electron chi connectivity index (χ3n) is 2.78. The first-order chi connectivity index (χ1) is 7.90. The first-order valence-corrected chi connectivity index (χ1v) is 7.90. The van der Waals surface area contributed by atoms with Crippen molar-refractivity contribution in [3.63, 3.8) is 0 Å². The minimum atomic E-state index is 0.699. The van der Waals surface area contributed by atoms with E-state index in [1.165, 1.54) is 37.1 Å². The maximum atomic E-state index is 4.19. The zero-order valence-corrected chi connectivity index (χ0v) is 11.5. The van der Waals surface area contributed by atoms with Gasteiger partial charge in [0, 0.05) is 0 Å². The molecule has 0 aromatic carbocycles. The Hall–Kier alpha value is -0.571. The fraction of sp³-hybridized carbons (Fsp3) is 0.583. The van der Waals surface area contributed by atoms with E-state index < -0.39 is 0 Å². The molecule has 3 nitrogen and oxygen atoms in total. The van der Waals surface area contributed by atoms with E-state index in [4.69, 9.17) is 0 Å². The van der Waals surface area contributed by atoms with E-state index in [9.17, 15) is 0 Å². The number of nitrogens with zero attached hydrogens (tertiary/aromatic N) is 3. The van der Waals surface area contributed by atoms with Crippen LogP contribution in [0.25, 0.3) is 0 Å². The SMILES string of the molecule is CC[Se]N1CCCN(c2cccnc2)CC1. The van der Waals surface area contributed by atoms with E-state index in [1.54, 1.807) is 0 Å². The molecule has 0 unspecified atom stereocenters. The Morgan fingerprint density at radius 2 is 2.25 bits per heavy atom. The van der Waals surface area contributed by atoms with Gasteiger partial charge in [-0.3, -0.25) is 0 Å². The molecule has 2 heterocycles. The standard InChI is InChI=1S/C12H19N3Se/c1-2-16-15-8-4-7-14(9-10-15)12-5-3-6-13-11-12/h3,5-6,11H,2,4,7-10H2,1H3. The summed E-state index contributed by atoms with van der Waals surface area (Å²) in [5.41, 5.74) is 1.27. The molecular weight excluding hydrogens is 265 g/mol. The second-order valence-electron chi connectivity index (χ2n) is 3.90. The normalized spacial score (nSPS) is 18.4. The van der Waals surface area contributed by atoms with Gasteiger partial charge < -0.3 is 0 Å². The Balaban J connectivity index is 1.94. The molecule has 1 saturated heterocycles. The average molecular weight is 284 g/mol. The molecule has 0 spiro atoms. The van der Waals surface area contributed by atoms with Crippen LogP contribution in [0.3, 0.4) is 0 Å². The molecule has 1 aromatic rings. The van der Waals surface area contributed by atoms with Crippen molar-refractivity contribution in [2.75, 3.05) is 31.1 Å². The number of aromatic nitrogens is 1. The van der Waals surface area contributed by atoms with Crippen molar-refractivity contribution >= 4 is 20.9 Å². The summed E-state index contributed by atoms with van der Waals surface area (Å²) < 4.78 is 2.63. The predicted octanol–water partition coefficient (Wildman–Crippen LogP) is 1.65. The number of rotatable bonds is 3. The fourth-order valence-corrected chi connectivity index (χ4v) is 3.75. The van der Waals surface area contributed by atoms with Crippen LogP contribution in [0.1, 0.15) is 13.3 Å². The van der Waals surface area contributed by atoms with Crippen LogP contribution in [-0.4, -0.2) is 50.3 Å². The summed E-state index contributed by atoms with van der Waals surface area (Å²) in [6, 6.07) is 4.18. The summed E-state index contributed by atoms with van der Waals surface area (Å²) in [4.78, 5) is 6.65. The molecule has 0 saturated carbocycles. The Morgan fingerprint density at radius 1 is 1.31 bits per heavy atom. The fourth-order valence-electron chi connectivity index (χ4n) is 2.00. The van der Waals surface area contributed by atoms with Gasteiger partial charge in [-0.2, -0.15) is 0 Å². The second-order valence-corrected chi connectivity index (χ2v) is 6.74. The quantitative estimate of drug-likeness (QED) is 0.787. The molecule has 0 atom stereocenters. The zero-order valence-electron chi connectivity index (χ0n) is 9.80. The van der Waals surface area contributed by atoms with Gasteiger partial charge in [-0.05, 0) is 0 Å². The molecular formula is C12H19N3Se. The number of hydrogen-bond donors (Lipinski definition) is 0. The van der Waals surface area contributed by atoms with Gasteiger partial charge in [0.2, 0.25) is 0 Å². The van der Waals surface area contributed by atoms with Crippen molar-refractivity contribution in [3.05, 3.63) is 24.5 Å². The van der Waals surface area contributed by atoms with Gasteiger partial charge in [-0.25, -0.2) is 0 Å². The van der Waals surface area contributed by atoms with Crippen molar-refractivity contribution in [3.8, 4) is 0 Å². The number of hydrogen-bond acceptors (Lipinski definition) is 3. The monoisotopic (exact) mass is 285 g/mol. The van der Waals surface area contributed by atoms with Gasteiger partial charge >= 0.3 is 104 Å². The second kappa shape index (κ2) is 6.24. The van der Waals surface area contributed by atoms with Gasteiger partial charge in [0.25, 0.3) is 0 Å². The van der Waals surface area contributed by atoms with Crippen molar-refractivity contribution in [2.45, 2.75) is 18.7 Å². The molecule has 1 aromatic heterocycles. The molecule has 2 rings (SSSR count). The summed E-state index contributed by atoms with van der Waals surface area (Å²) in [6.07, 6.45) is 5.09. The topological polar surface area (TPSA) is 19.4 Å². The minimum absolute atomic E-state index is 0.699. The van der Waals surface area contributed by atoms with Crippen LogP contribution in [0.4, 0.5) is 5.69 Å². The molecule has 1 aliphatic heterocycles. The summed E-state index contributed by atoms with van der Waals surface area (Å²) in [5.74, 6) is 0. The van der Waals surface area contributed by atoms with Gasteiger partial charge in [0.1, 0.15) is 0 Å². The van der Waals surface area contributed by atoms with Gasteiger partial charge in [0.05, 0.1) is 0 Å². The first-order valence-electron chi connectivity index (χ1n) is 5.93. The van der Waals surface area contributed by atoms with E-state index in [0.717, 1.165) is 6.54 Å². The molecule has 0 aliphatic carbocycles. The Kier molecular flexibility index (Phi) is 4.64. The number of pyridine rings is 1. The third kappa shape index (κ3) is 3.21. The molecule has 0 radical (unpaired) electrons. The number of anilines is 1. The van der Waals surface area contributed by atoms with Crippen LogP contribution in [0.15, 0.2) is 24.5 Å². The van der Waals surface area contributed by atoms with E-state index in [0.29, 0.717) is 15.2 Å². The van der Waals surface area contributed by atoms with E-state index in [1.807, 2.05) is 18.5 Å². The first kappa shape index (κ1) is 11.9. The zero-order chi connectivity index (χ0) is 11.2. The summed E-state index contributed by atoms with van der Waals surface area (Å²) in [6.45, 7) is 7.08. The van der Waals surface area contributed by atoms with Crippen molar-refractivity contribution in [1.29, 1.82) is 0 Å². The maximum absolute atomic E-state index is 4.19. The van der Waals surface area contributed by atoms with Gasteiger partial charge in [-0.15, -0.1) is 0 Å². The van der Waals surface area contributed by atoms with Crippen molar-refractivity contribution < 1.29 is 0 Å². The summed E-state index contributed by atoms with van der Waals surface area (Å²) >= 11 is 0.699. The van der Waals surface area contributed by atoms with Crippen molar-refractivity contribution in [2.24, 2.45) is 0 Å². The predicted molar refractivity (Wildman–Crippen MR) is 68.9 cm³/mol. The molecule has 4 heteroatoms. The van der Waals surface area contributed by atoms with E-state index >= 15 is 0 Å². The summed E-state index contributed by atoms with van der Waals surface area (Å²) in [5, 5.41) is 1.32. The van der Waals surface area contributed by atoms with Crippen LogP contribution < -0.4 is 4.90 Å². The molecule has 0 N–H and O–H groups in total. The van der Waals surface area contributed by atoms with Crippen LogP contribution in [0.2, 0.25) is 5.32 Å². The molecule has 0 bridgehead atoms. The molecule has 88 valence electrons. The van der Waals surface area contributed by atoms with Gasteiger partial charge in [0.15, 0.2) is 0 Å².